The third-order valence-corrected chi connectivity index (χ3v) is 5.90. The molecule has 2 aromatic rings. The smallest absolute Gasteiger partial charge is 0.250 e. The van der Waals surface area contributed by atoms with Gasteiger partial charge in [-0.3, -0.25) is 4.79 Å². The van der Waals surface area contributed by atoms with Crippen molar-refractivity contribution in [2.75, 3.05) is 11.9 Å². The number of carbonyl (C=O) groups is 1. The summed E-state index contributed by atoms with van der Waals surface area (Å²) in [5.41, 5.74) is 0.000524. The van der Waals surface area contributed by atoms with Gasteiger partial charge in [-0.15, -0.1) is 11.3 Å². The van der Waals surface area contributed by atoms with Gasteiger partial charge in [-0.1, -0.05) is 12.1 Å². The normalized spacial score (nSPS) is 11.3. The molecule has 1 aromatic heterocycles. The minimum Gasteiger partial charge on any atom is -0.322 e. The number of para-hydroxylation sites is 1. The van der Waals surface area contributed by atoms with Gasteiger partial charge in [0.05, 0.1) is 16.0 Å². The van der Waals surface area contributed by atoms with Crippen LogP contribution in [-0.2, 0) is 14.8 Å². The van der Waals surface area contributed by atoms with Gasteiger partial charge in [-0.2, -0.15) is 0 Å². The molecule has 0 fully saturated rings. The van der Waals surface area contributed by atoms with Crippen LogP contribution in [0.5, 0.6) is 0 Å². The SMILES string of the molecule is O=C(CNS(=O)(=O)c1ccc(Br)s1)Nc1ccccc1F. The molecule has 0 saturated heterocycles. The van der Waals surface area contributed by atoms with Gasteiger partial charge >= 0.3 is 0 Å². The fourth-order valence-electron chi connectivity index (χ4n) is 1.43. The molecule has 0 bridgehead atoms. The molecule has 0 aliphatic carbocycles. The van der Waals surface area contributed by atoms with Crippen LogP contribution in [-0.4, -0.2) is 20.9 Å². The summed E-state index contributed by atoms with van der Waals surface area (Å²) in [6.07, 6.45) is 0. The lowest BCUT2D eigenvalue weighted by Crippen LogP contribution is -2.32. The molecule has 0 radical (unpaired) electrons. The first-order chi connectivity index (χ1) is 9.88. The first-order valence-electron chi connectivity index (χ1n) is 5.68. The van der Waals surface area contributed by atoms with Crippen LogP contribution in [0.4, 0.5) is 10.1 Å². The molecule has 0 aliphatic rings. The number of hydrogen-bond donors (Lipinski definition) is 2. The van der Waals surface area contributed by atoms with Crippen molar-refractivity contribution >= 4 is 48.9 Å². The van der Waals surface area contributed by atoms with Gasteiger partial charge in [0.1, 0.15) is 10.0 Å². The molecule has 0 atom stereocenters. The van der Waals surface area contributed by atoms with Gasteiger partial charge in [-0.25, -0.2) is 17.5 Å². The second kappa shape index (κ2) is 6.65. The quantitative estimate of drug-likeness (QED) is 0.820. The number of anilines is 1. The highest BCUT2D eigenvalue weighted by Crippen LogP contribution is 2.25. The third kappa shape index (κ3) is 4.34. The van der Waals surface area contributed by atoms with Crippen molar-refractivity contribution in [1.82, 2.24) is 4.72 Å². The van der Waals surface area contributed by atoms with Gasteiger partial charge in [0.2, 0.25) is 5.91 Å². The molecule has 0 saturated carbocycles. The highest BCUT2D eigenvalue weighted by atomic mass is 79.9. The number of carbonyl (C=O) groups excluding carboxylic acids is 1. The molecule has 2 N–H and O–H groups in total. The number of nitrogens with one attached hydrogen (secondary N) is 2. The summed E-state index contributed by atoms with van der Waals surface area (Å²) >= 11 is 4.19. The predicted molar refractivity (Wildman–Crippen MR) is 82.2 cm³/mol. The summed E-state index contributed by atoms with van der Waals surface area (Å²) in [6.45, 7) is -0.480. The van der Waals surface area contributed by atoms with Gasteiger partial charge < -0.3 is 5.32 Å². The van der Waals surface area contributed by atoms with E-state index in [0.29, 0.717) is 3.79 Å². The monoisotopic (exact) mass is 392 g/mol. The van der Waals surface area contributed by atoms with Crippen molar-refractivity contribution in [3.05, 3.63) is 46.0 Å². The maximum absolute atomic E-state index is 13.3. The highest BCUT2D eigenvalue weighted by Gasteiger charge is 2.18. The molecule has 9 heteroatoms. The van der Waals surface area contributed by atoms with Crippen molar-refractivity contribution in [2.45, 2.75) is 4.21 Å². The largest absolute Gasteiger partial charge is 0.322 e. The van der Waals surface area contributed by atoms with E-state index in [0.717, 1.165) is 11.3 Å². The van der Waals surface area contributed by atoms with Crippen LogP contribution in [0.1, 0.15) is 0 Å². The number of hydrogen-bond acceptors (Lipinski definition) is 4. The molecule has 1 aromatic carbocycles. The summed E-state index contributed by atoms with van der Waals surface area (Å²) in [7, 11) is -3.75. The molecule has 112 valence electrons. The molecule has 21 heavy (non-hydrogen) atoms. The van der Waals surface area contributed by atoms with Crippen molar-refractivity contribution in [3.63, 3.8) is 0 Å². The molecule has 0 unspecified atom stereocenters. The van der Waals surface area contributed by atoms with Gasteiger partial charge in [0, 0.05) is 0 Å². The minimum absolute atomic E-state index is 0.000524. The molecule has 0 spiro atoms. The van der Waals surface area contributed by atoms with E-state index >= 15 is 0 Å². The van der Waals surface area contributed by atoms with Crippen molar-refractivity contribution in [3.8, 4) is 0 Å². The molecule has 1 amide bonds. The number of rotatable bonds is 5. The minimum atomic E-state index is -3.75. The number of halogens is 2. The van der Waals surface area contributed by atoms with E-state index < -0.39 is 28.3 Å². The number of amides is 1. The van der Waals surface area contributed by atoms with Crippen LogP contribution in [0.2, 0.25) is 0 Å². The summed E-state index contributed by atoms with van der Waals surface area (Å²) in [4.78, 5) is 11.6. The first kappa shape index (κ1) is 16.1. The topological polar surface area (TPSA) is 75.3 Å². The summed E-state index contributed by atoms with van der Waals surface area (Å²) in [5.74, 6) is -1.24. The van der Waals surface area contributed by atoms with Crippen molar-refractivity contribution in [2.24, 2.45) is 0 Å². The average molecular weight is 393 g/mol. The highest BCUT2D eigenvalue weighted by molar-refractivity contribution is 9.11. The Labute approximate surface area is 133 Å². The fraction of sp³-hybridized carbons (Fsp3) is 0.0833. The van der Waals surface area contributed by atoms with E-state index in [2.05, 4.69) is 26.0 Å². The lowest BCUT2D eigenvalue weighted by molar-refractivity contribution is -0.115. The zero-order valence-electron chi connectivity index (χ0n) is 10.5. The molecule has 0 aliphatic heterocycles. The van der Waals surface area contributed by atoms with Crippen LogP contribution in [0, 0.1) is 5.82 Å². The first-order valence-corrected chi connectivity index (χ1v) is 8.77. The molecular weight excluding hydrogens is 383 g/mol. The van der Waals surface area contributed by atoms with Gasteiger partial charge in [0.25, 0.3) is 10.0 Å². The zero-order valence-corrected chi connectivity index (χ0v) is 13.7. The standard InChI is InChI=1S/C12H10BrFN2O3S2/c13-10-5-6-12(20-10)21(18,19)15-7-11(17)16-9-4-2-1-3-8(9)14/h1-6,15H,7H2,(H,16,17). The van der Waals surface area contributed by atoms with E-state index in [1.165, 1.54) is 24.3 Å². The van der Waals surface area contributed by atoms with E-state index in [1.54, 1.807) is 12.1 Å². The van der Waals surface area contributed by atoms with Gasteiger partial charge in [0.15, 0.2) is 0 Å². The van der Waals surface area contributed by atoms with E-state index in [1.807, 2.05) is 0 Å². The van der Waals surface area contributed by atoms with Gasteiger partial charge in [-0.05, 0) is 40.2 Å². The van der Waals surface area contributed by atoms with Crippen LogP contribution in [0.3, 0.4) is 0 Å². The van der Waals surface area contributed by atoms with Crippen LogP contribution < -0.4 is 10.0 Å². The molecule has 5 nitrogen and oxygen atoms in total. The maximum atomic E-state index is 13.3. The Hall–Kier alpha value is -1.29. The Bertz CT molecular complexity index is 761. The zero-order chi connectivity index (χ0) is 15.5. The van der Waals surface area contributed by atoms with Crippen LogP contribution in [0.15, 0.2) is 44.4 Å². The Balaban J connectivity index is 1.97. The maximum Gasteiger partial charge on any atom is 0.250 e. The molecule has 2 rings (SSSR count). The third-order valence-electron chi connectivity index (χ3n) is 2.38. The van der Waals surface area contributed by atoms with E-state index in [4.69, 9.17) is 0 Å². The average Bonchev–Trinajstić information content (AvgIpc) is 2.87. The lowest BCUT2D eigenvalue weighted by atomic mass is 10.3. The van der Waals surface area contributed by atoms with Crippen molar-refractivity contribution in [1.29, 1.82) is 0 Å². The van der Waals surface area contributed by atoms with Crippen LogP contribution >= 0.6 is 27.3 Å². The van der Waals surface area contributed by atoms with E-state index in [-0.39, 0.29) is 9.90 Å². The second-order valence-corrected chi connectivity index (χ2v) is 8.37. The van der Waals surface area contributed by atoms with Crippen molar-refractivity contribution < 1.29 is 17.6 Å². The lowest BCUT2D eigenvalue weighted by Gasteiger charge is -2.07. The number of benzene rings is 1. The summed E-state index contributed by atoms with van der Waals surface area (Å²) in [5, 5.41) is 2.29. The predicted octanol–water partition coefficient (Wildman–Crippen LogP) is 2.57. The number of sulfonamides is 1. The molecule has 1 heterocycles. The summed E-state index contributed by atoms with van der Waals surface area (Å²) in [6, 6.07) is 8.65. The Morgan fingerprint density at radius 2 is 1.95 bits per heavy atom. The second-order valence-electron chi connectivity index (χ2n) is 3.91. The Kier molecular flexibility index (Phi) is 5.09. The summed E-state index contributed by atoms with van der Waals surface area (Å²) < 4.78 is 40.0. The Morgan fingerprint density at radius 1 is 1.24 bits per heavy atom. The van der Waals surface area contributed by atoms with Crippen LogP contribution in [0.25, 0.3) is 0 Å². The fourth-order valence-corrected chi connectivity index (χ4v) is 4.47. The molecular formula is C12H10BrFN2O3S2. The Morgan fingerprint density at radius 3 is 2.57 bits per heavy atom. The van der Waals surface area contributed by atoms with E-state index in [9.17, 15) is 17.6 Å². The number of thiophene rings is 1.